The van der Waals surface area contributed by atoms with E-state index in [0.717, 1.165) is 5.57 Å². The van der Waals surface area contributed by atoms with Gasteiger partial charge >= 0.3 is 0 Å². The highest BCUT2D eigenvalue weighted by molar-refractivity contribution is 5.69. The Morgan fingerprint density at radius 2 is 2.50 bits per heavy atom. The molecule has 3 heteroatoms. The lowest BCUT2D eigenvalue weighted by Gasteiger charge is -1.89. The van der Waals surface area contributed by atoms with Crippen LogP contribution in [0.3, 0.4) is 0 Å². The van der Waals surface area contributed by atoms with Crippen LogP contribution in [0, 0.1) is 0 Å². The first-order valence-corrected chi connectivity index (χ1v) is 3.60. The molecule has 0 aliphatic carbocycles. The average Bonchev–Trinajstić information content (AvgIpc) is 2.59. The molecule has 1 rings (SSSR count). The van der Waals surface area contributed by atoms with E-state index >= 15 is 0 Å². The van der Waals surface area contributed by atoms with Crippen LogP contribution in [-0.2, 0) is 0 Å². The number of hydrogen-bond donors (Lipinski definition) is 0. The fraction of sp³-hybridized carbons (Fsp3) is 0.111. The van der Waals surface area contributed by atoms with Gasteiger partial charge in [0.25, 0.3) is 0 Å². The Bertz CT molecular complexity index is 296. The zero-order valence-electron chi connectivity index (χ0n) is 6.90. The second-order valence-electron chi connectivity index (χ2n) is 2.11. The van der Waals surface area contributed by atoms with Crippen molar-refractivity contribution >= 4 is 5.57 Å². The summed E-state index contributed by atoms with van der Waals surface area (Å²) in [6, 6.07) is 0. The quantitative estimate of drug-likeness (QED) is 0.639. The summed E-state index contributed by atoms with van der Waals surface area (Å²) in [4.78, 5) is 3.89. The lowest BCUT2D eigenvalue weighted by atomic mass is 10.2. The number of allylic oxidation sites excluding steroid dienone is 5. The van der Waals surface area contributed by atoms with Crippen molar-refractivity contribution in [2.75, 3.05) is 0 Å². The minimum atomic E-state index is 0.558. The summed E-state index contributed by atoms with van der Waals surface area (Å²) in [6.45, 7) is 5.58. The lowest BCUT2D eigenvalue weighted by molar-refractivity contribution is 0.415. The van der Waals surface area contributed by atoms with E-state index in [1.165, 1.54) is 6.39 Å². The molecule has 0 spiro atoms. The summed E-state index contributed by atoms with van der Waals surface area (Å²) >= 11 is 0. The van der Waals surface area contributed by atoms with Crippen molar-refractivity contribution in [3.05, 3.63) is 43.1 Å². The second-order valence-corrected chi connectivity index (χ2v) is 2.11. The minimum absolute atomic E-state index is 0.558. The summed E-state index contributed by atoms with van der Waals surface area (Å²) in [5, 5.41) is 3.68. The zero-order valence-corrected chi connectivity index (χ0v) is 6.90. The molecule has 0 radical (unpaired) electrons. The molecule has 0 N–H and O–H groups in total. The van der Waals surface area contributed by atoms with Gasteiger partial charge in [-0.1, -0.05) is 36.0 Å². The first-order valence-electron chi connectivity index (χ1n) is 3.60. The van der Waals surface area contributed by atoms with E-state index in [1.807, 2.05) is 25.2 Å². The smallest absolute Gasteiger partial charge is 0.214 e. The average molecular weight is 162 g/mol. The molecule has 62 valence electrons. The first kappa shape index (κ1) is 8.46. The number of aromatic nitrogens is 2. The monoisotopic (exact) mass is 162 g/mol. The predicted octanol–water partition coefficient (Wildman–Crippen LogP) is 2.22. The molecule has 12 heavy (non-hydrogen) atoms. The Labute approximate surface area is 71.1 Å². The Morgan fingerprint density at radius 3 is 3.00 bits per heavy atom. The van der Waals surface area contributed by atoms with Gasteiger partial charge in [-0.3, -0.25) is 0 Å². The Hall–Kier alpha value is -1.64. The molecular formula is C9H10N2O. The van der Waals surface area contributed by atoms with Crippen molar-refractivity contribution in [2.45, 2.75) is 6.92 Å². The van der Waals surface area contributed by atoms with Gasteiger partial charge in [-0.05, 0) is 6.92 Å². The van der Waals surface area contributed by atoms with Crippen molar-refractivity contribution in [1.29, 1.82) is 0 Å². The minimum Gasteiger partial charge on any atom is -0.342 e. The third-order valence-electron chi connectivity index (χ3n) is 1.31. The largest absolute Gasteiger partial charge is 0.342 e. The van der Waals surface area contributed by atoms with Crippen molar-refractivity contribution in [3.63, 3.8) is 0 Å². The van der Waals surface area contributed by atoms with Gasteiger partial charge in [0, 0.05) is 5.57 Å². The van der Waals surface area contributed by atoms with Crippen LogP contribution >= 0.6 is 0 Å². The number of rotatable bonds is 3. The van der Waals surface area contributed by atoms with E-state index in [-0.39, 0.29) is 0 Å². The third-order valence-corrected chi connectivity index (χ3v) is 1.31. The third kappa shape index (κ3) is 1.92. The molecule has 0 unspecified atom stereocenters. The molecule has 0 aliphatic heterocycles. The molecule has 3 nitrogen and oxygen atoms in total. The van der Waals surface area contributed by atoms with Gasteiger partial charge in [-0.2, -0.15) is 4.98 Å². The second kappa shape index (κ2) is 4.28. The molecule has 1 aromatic rings. The van der Waals surface area contributed by atoms with Crippen molar-refractivity contribution < 1.29 is 4.52 Å². The van der Waals surface area contributed by atoms with E-state index in [1.54, 1.807) is 6.08 Å². The topological polar surface area (TPSA) is 38.9 Å². The summed E-state index contributed by atoms with van der Waals surface area (Å²) in [6.07, 6.45) is 8.67. The standard InChI is InChI=1S/C9H10N2O/c1-3-5-6-8(4-2)9-10-7-12-11-9/h3-7H,2H2,1H3/b5-3-,8-6+. The summed E-state index contributed by atoms with van der Waals surface area (Å²) in [7, 11) is 0. The van der Waals surface area contributed by atoms with E-state index < -0.39 is 0 Å². The van der Waals surface area contributed by atoms with Crippen molar-refractivity contribution in [2.24, 2.45) is 0 Å². The van der Waals surface area contributed by atoms with Gasteiger partial charge in [0.2, 0.25) is 12.2 Å². The molecule has 0 amide bonds. The van der Waals surface area contributed by atoms with E-state index in [4.69, 9.17) is 0 Å². The van der Waals surface area contributed by atoms with Crippen LogP contribution in [-0.4, -0.2) is 10.1 Å². The maximum atomic E-state index is 4.60. The van der Waals surface area contributed by atoms with E-state index in [9.17, 15) is 0 Å². The highest BCUT2D eigenvalue weighted by atomic mass is 16.5. The van der Waals surface area contributed by atoms with Gasteiger partial charge in [-0.25, -0.2) is 0 Å². The van der Waals surface area contributed by atoms with Crippen LogP contribution < -0.4 is 0 Å². The summed E-state index contributed by atoms with van der Waals surface area (Å²) in [5.41, 5.74) is 0.849. The van der Waals surface area contributed by atoms with Crippen molar-refractivity contribution in [1.82, 2.24) is 10.1 Å². The van der Waals surface area contributed by atoms with Crippen LogP contribution in [0.2, 0.25) is 0 Å². The fourth-order valence-corrected chi connectivity index (χ4v) is 0.732. The van der Waals surface area contributed by atoms with Gasteiger partial charge in [0.1, 0.15) is 0 Å². The summed E-state index contributed by atoms with van der Waals surface area (Å²) < 4.78 is 4.60. The molecule has 0 aromatic carbocycles. The van der Waals surface area contributed by atoms with Crippen LogP contribution in [0.5, 0.6) is 0 Å². The van der Waals surface area contributed by atoms with Gasteiger partial charge in [0.15, 0.2) is 0 Å². The molecule has 0 saturated carbocycles. The van der Waals surface area contributed by atoms with E-state index in [2.05, 4.69) is 21.2 Å². The Kier molecular flexibility index (Phi) is 3.02. The molecule has 0 aliphatic rings. The van der Waals surface area contributed by atoms with Crippen LogP contribution in [0.4, 0.5) is 0 Å². The van der Waals surface area contributed by atoms with Gasteiger partial charge in [-0.15, -0.1) is 0 Å². The molecule has 0 saturated heterocycles. The van der Waals surface area contributed by atoms with Crippen molar-refractivity contribution in [3.8, 4) is 0 Å². The van der Waals surface area contributed by atoms with Gasteiger partial charge in [0.05, 0.1) is 0 Å². The molecule has 0 bridgehead atoms. The van der Waals surface area contributed by atoms with Gasteiger partial charge < -0.3 is 4.52 Å². The normalized spacial score (nSPS) is 12.2. The summed E-state index contributed by atoms with van der Waals surface area (Å²) in [5.74, 6) is 0.558. The number of nitrogens with zero attached hydrogens (tertiary/aromatic N) is 2. The highest BCUT2D eigenvalue weighted by Gasteiger charge is 1.99. The Morgan fingerprint density at radius 1 is 1.67 bits per heavy atom. The zero-order chi connectivity index (χ0) is 8.81. The van der Waals surface area contributed by atoms with Crippen LogP contribution in [0.1, 0.15) is 12.7 Å². The van der Waals surface area contributed by atoms with E-state index in [0.29, 0.717) is 5.82 Å². The number of hydrogen-bond acceptors (Lipinski definition) is 3. The molecular weight excluding hydrogens is 152 g/mol. The van der Waals surface area contributed by atoms with Crippen LogP contribution in [0.25, 0.3) is 5.57 Å². The first-order chi connectivity index (χ1) is 5.88. The molecule has 1 aromatic heterocycles. The maximum Gasteiger partial charge on any atom is 0.214 e. The Balaban J connectivity index is 2.90. The molecule has 0 fully saturated rings. The SMILES string of the molecule is C=C/C(=C\C=C/C)c1ncon1. The highest BCUT2D eigenvalue weighted by Crippen LogP contribution is 2.09. The molecule has 0 atom stereocenters. The lowest BCUT2D eigenvalue weighted by Crippen LogP contribution is -1.81. The molecule has 1 heterocycles. The fourth-order valence-electron chi connectivity index (χ4n) is 0.732. The maximum absolute atomic E-state index is 4.60. The van der Waals surface area contributed by atoms with Crippen LogP contribution in [0.15, 0.2) is 41.8 Å². The predicted molar refractivity (Wildman–Crippen MR) is 47.3 cm³/mol.